The standard InChI is InChI=1S/C10H20N2O3.CH4.Y/c1-11-7-3-2-4-8-12-9(13)5-6-10(14)15;;/h11H,2-8H2,1H3,(H,12,13)(H,14,15);1H4;. The number of nitrogens with one attached hydrogen (secondary N) is 2. The zero-order valence-corrected chi connectivity index (χ0v) is 12.6. The van der Waals surface area contributed by atoms with E-state index in [1.165, 1.54) is 0 Å². The van der Waals surface area contributed by atoms with Gasteiger partial charge in [0, 0.05) is 45.7 Å². The summed E-state index contributed by atoms with van der Waals surface area (Å²) in [6, 6.07) is 0. The molecule has 0 aromatic rings. The van der Waals surface area contributed by atoms with Crippen LogP contribution >= 0.6 is 0 Å². The summed E-state index contributed by atoms with van der Waals surface area (Å²) in [6.07, 6.45) is 3.10. The molecule has 17 heavy (non-hydrogen) atoms. The van der Waals surface area contributed by atoms with Gasteiger partial charge in [-0.05, 0) is 26.4 Å². The fourth-order valence-electron chi connectivity index (χ4n) is 1.14. The first kappa shape index (κ1) is 22.2. The van der Waals surface area contributed by atoms with Crippen molar-refractivity contribution in [1.82, 2.24) is 10.6 Å². The van der Waals surface area contributed by atoms with Gasteiger partial charge in [0.15, 0.2) is 0 Å². The Balaban J connectivity index is -0.000000980. The molecule has 0 aliphatic rings. The first-order valence-electron chi connectivity index (χ1n) is 5.30. The van der Waals surface area contributed by atoms with Gasteiger partial charge in [-0.15, -0.1) is 0 Å². The molecular formula is C11H24N2O3Y. The number of carboxylic acids is 1. The van der Waals surface area contributed by atoms with Crippen molar-refractivity contribution >= 4 is 11.9 Å². The Morgan fingerprint density at radius 3 is 2.18 bits per heavy atom. The van der Waals surface area contributed by atoms with Crippen LogP contribution in [0.5, 0.6) is 0 Å². The maximum Gasteiger partial charge on any atom is 0.303 e. The summed E-state index contributed by atoms with van der Waals surface area (Å²) in [5.74, 6) is -1.11. The van der Waals surface area contributed by atoms with Gasteiger partial charge in [0.1, 0.15) is 0 Å². The van der Waals surface area contributed by atoms with Gasteiger partial charge < -0.3 is 15.7 Å². The molecule has 6 heteroatoms. The second-order valence-electron chi connectivity index (χ2n) is 3.41. The van der Waals surface area contributed by atoms with Crippen LogP contribution in [0.4, 0.5) is 0 Å². The van der Waals surface area contributed by atoms with Gasteiger partial charge >= 0.3 is 5.97 Å². The Kier molecular flexibility index (Phi) is 20.9. The predicted octanol–water partition coefficient (Wildman–Crippen LogP) is 0.991. The van der Waals surface area contributed by atoms with Crippen LogP contribution < -0.4 is 10.6 Å². The van der Waals surface area contributed by atoms with Gasteiger partial charge in [-0.3, -0.25) is 9.59 Å². The summed E-state index contributed by atoms with van der Waals surface area (Å²) in [5.41, 5.74) is 0. The zero-order chi connectivity index (χ0) is 11.5. The van der Waals surface area contributed by atoms with Crippen molar-refractivity contribution < 1.29 is 47.4 Å². The number of amides is 1. The molecule has 0 aliphatic heterocycles. The minimum Gasteiger partial charge on any atom is -0.481 e. The number of hydrogen-bond acceptors (Lipinski definition) is 3. The fraction of sp³-hybridized carbons (Fsp3) is 0.818. The van der Waals surface area contributed by atoms with Crippen molar-refractivity contribution in [1.29, 1.82) is 0 Å². The number of hydrogen-bond donors (Lipinski definition) is 3. The van der Waals surface area contributed by atoms with E-state index < -0.39 is 5.97 Å². The maximum absolute atomic E-state index is 11.0. The van der Waals surface area contributed by atoms with Gasteiger partial charge in [0.05, 0.1) is 6.42 Å². The minimum atomic E-state index is -0.931. The van der Waals surface area contributed by atoms with E-state index >= 15 is 0 Å². The van der Waals surface area contributed by atoms with Crippen LogP contribution in [0.2, 0.25) is 0 Å². The third-order valence-corrected chi connectivity index (χ3v) is 1.99. The number of rotatable bonds is 9. The molecule has 0 fully saturated rings. The Hall–Kier alpha value is 0.00390. The molecule has 1 amide bonds. The molecule has 5 nitrogen and oxygen atoms in total. The Bertz CT molecular complexity index is 201. The van der Waals surface area contributed by atoms with Crippen molar-refractivity contribution in [3.8, 4) is 0 Å². The third-order valence-electron chi connectivity index (χ3n) is 1.99. The third kappa shape index (κ3) is 18.6. The molecule has 99 valence electrons. The number of carboxylic acid groups (broad SMARTS) is 1. The van der Waals surface area contributed by atoms with Crippen LogP contribution in [0.25, 0.3) is 0 Å². The molecule has 3 N–H and O–H groups in total. The number of unbranched alkanes of at least 4 members (excludes halogenated alkanes) is 2. The SMILES string of the molecule is C.CNCCCCCNC(=O)CCC(=O)O.[Y]. The molecule has 1 radical (unpaired) electrons. The average molecular weight is 321 g/mol. The molecule has 0 aliphatic carbocycles. The van der Waals surface area contributed by atoms with Crippen LogP contribution in [0.15, 0.2) is 0 Å². The molecule has 0 spiro atoms. The molecule has 0 saturated heterocycles. The van der Waals surface area contributed by atoms with Crippen molar-refractivity contribution in [2.75, 3.05) is 20.1 Å². The van der Waals surface area contributed by atoms with Crippen molar-refractivity contribution in [3.63, 3.8) is 0 Å². The summed E-state index contributed by atoms with van der Waals surface area (Å²) in [6.45, 7) is 1.63. The minimum absolute atomic E-state index is 0. The Morgan fingerprint density at radius 2 is 1.65 bits per heavy atom. The van der Waals surface area contributed by atoms with E-state index in [9.17, 15) is 9.59 Å². The van der Waals surface area contributed by atoms with Gasteiger partial charge in [0.25, 0.3) is 0 Å². The molecule has 0 bridgehead atoms. The average Bonchev–Trinajstić information content (AvgIpc) is 2.20. The molecular weight excluding hydrogens is 297 g/mol. The van der Waals surface area contributed by atoms with Crippen LogP contribution in [0.3, 0.4) is 0 Å². The number of carbonyl (C=O) groups is 2. The summed E-state index contributed by atoms with van der Waals surface area (Å²) < 4.78 is 0. The molecule has 0 saturated carbocycles. The largest absolute Gasteiger partial charge is 0.481 e. The number of aliphatic carboxylic acids is 1. The van der Waals surface area contributed by atoms with E-state index in [4.69, 9.17) is 5.11 Å². The first-order chi connectivity index (χ1) is 7.16. The summed E-state index contributed by atoms with van der Waals surface area (Å²) >= 11 is 0. The summed E-state index contributed by atoms with van der Waals surface area (Å²) in [5, 5.41) is 14.1. The second kappa shape index (κ2) is 16.0. The molecule has 0 atom stereocenters. The second-order valence-corrected chi connectivity index (χ2v) is 3.41. The molecule has 0 unspecified atom stereocenters. The number of carbonyl (C=O) groups excluding carboxylic acids is 1. The van der Waals surface area contributed by atoms with E-state index in [0.717, 1.165) is 25.8 Å². The monoisotopic (exact) mass is 321 g/mol. The topological polar surface area (TPSA) is 78.4 Å². The van der Waals surface area contributed by atoms with E-state index in [1.807, 2.05) is 7.05 Å². The van der Waals surface area contributed by atoms with Crippen LogP contribution in [-0.2, 0) is 42.3 Å². The maximum atomic E-state index is 11.0. The molecule has 0 rings (SSSR count). The normalized spacial score (nSPS) is 8.76. The summed E-state index contributed by atoms with van der Waals surface area (Å²) in [4.78, 5) is 21.2. The predicted molar refractivity (Wildman–Crippen MR) is 64.4 cm³/mol. The summed E-state index contributed by atoms with van der Waals surface area (Å²) in [7, 11) is 1.91. The Labute approximate surface area is 129 Å². The molecule has 0 heterocycles. The van der Waals surface area contributed by atoms with E-state index in [0.29, 0.717) is 6.54 Å². The van der Waals surface area contributed by atoms with Gasteiger partial charge in [-0.2, -0.15) is 0 Å². The van der Waals surface area contributed by atoms with Crippen LogP contribution in [0, 0.1) is 0 Å². The van der Waals surface area contributed by atoms with Crippen molar-refractivity contribution in [3.05, 3.63) is 0 Å². The van der Waals surface area contributed by atoms with E-state index in [-0.39, 0.29) is 58.9 Å². The van der Waals surface area contributed by atoms with E-state index in [1.54, 1.807) is 0 Å². The van der Waals surface area contributed by atoms with Gasteiger partial charge in [0.2, 0.25) is 5.91 Å². The van der Waals surface area contributed by atoms with Gasteiger partial charge in [-0.1, -0.05) is 13.8 Å². The van der Waals surface area contributed by atoms with Gasteiger partial charge in [-0.25, -0.2) is 0 Å². The quantitative estimate of drug-likeness (QED) is 0.554. The first-order valence-corrected chi connectivity index (χ1v) is 5.30. The van der Waals surface area contributed by atoms with Crippen LogP contribution in [-0.4, -0.2) is 37.1 Å². The smallest absolute Gasteiger partial charge is 0.303 e. The zero-order valence-electron chi connectivity index (χ0n) is 9.79. The van der Waals surface area contributed by atoms with E-state index in [2.05, 4.69) is 10.6 Å². The Morgan fingerprint density at radius 1 is 1.06 bits per heavy atom. The molecule has 0 aromatic carbocycles. The van der Waals surface area contributed by atoms with Crippen molar-refractivity contribution in [2.24, 2.45) is 0 Å². The van der Waals surface area contributed by atoms with Crippen molar-refractivity contribution in [2.45, 2.75) is 39.5 Å². The fourth-order valence-corrected chi connectivity index (χ4v) is 1.14. The van der Waals surface area contributed by atoms with Crippen LogP contribution in [0.1, 0.15) is 39.5 Å². The molecule has 0 aromatic heterocycles.